The summed E-state index contributed by atoms with van der Waals surface area (Å²) in [5.74, 6) is 1.30. The molecule has 36 heavy (non-hydrogen) atoms. The first-order valence-electron chi connectivity index (χ1n) is 14.5. The van der Waals surface area contributed by atoms with E-state index in [1.807, 2.05) is 0 Å². The number of fused-ring (bicyclic) bond motifs is 7. The number of carbonyl (C=O) groups is 2. The Hall–Kier alpha value is -1.58. The van der Waals surface area contributed by atoms with Gasteiger partial charge in [0.05, 0.1) is 5.92 Å². The van der Waals surface area contributed by atoms with Gasteiger partial charge in [0, 0.05) is 18.3 Å². The summed E-state index contributed by atoms with van der Waals surface area (Å²) in [6.07, 6.45) is 13.2. The zero-order valence-corrected chi connectivity index (χ0v) is 23.9. The average Bonchev–Trinajstić information content (AvgIpc) is 3.19. The fourth-order valence-corrected chi connectivity index (χ4v) is 10.2. The van der Waals surface area contributed by atoms with Crippen molar-refractivity contribution < 1.29 is 19.1 Å². The number of ether oxygens (including phenoxy) is 2. The lowest BCUT2D eigenvalue weighted by molar-refractivity contribution is -0.174. The summed E-state index contributed by atoms with van der Waals surface area (Å²) in [5.41, 5.74) is 3.32. The van der Waals surface area contributed by atoms with Crippen molar-refractivity contribution in [2.45, 2.75) is 119 Å². The first-order valence-corrected chi connectivity index (χ1v) is 14.5. The molecule has 3 saturated carbocycles. The molecule has 4 nitrogen and oxygen atoms in total. The van der Waals surface area contributed by atoms with Gasteiger partial charge in [-0.3, -0.25) is 9.59 Å². The molecule has 200 valence electrons. The van der Waals surface area contributed by atoms with Crippen LogP contribution < -0.4 is 0 Å². The smallest absolute Gasteiger partial charge is 0.309 e. The fraction of sp³-hybridized carbons (Fsp3) is 0.812. The lowest BCUT2D eigenvalue weighted by Crippen LogP contribution is -2.58. The van der Waals surface area contributed by atoms with Crippen molar-refractivity contribution in [3.63, 3.8) is 0 Å². The molecule has 1 aliphatic heterocycles. The maximum absolute atomic E-state index is 13.0. The third-order valence-electron chi connectivity index (χ3n) is 12.2. The summed E-state index contributed by atoms with van der Waals surface area (Å²) in [6.45, 7) is 18.0. The summed E-state index contributed by atoms with van der Waals surface area (Å²) in [4.78, 5) is 24.8. The highest BCUT2D eigenvalue weighted by Crippen LogP contribution is 2.74. The van der Waals surface area contributed by atoms with Gasteiger partial charge in [0.25, 0.3) is 0 Å². The van der Waals surface area contributed by atoms with Crippen LogP contribution in [0.2, 0.25) is 0 Å². The van der Waals surface area contributed by atoms with Crippen molar-refractivity contribution in [1.29, 1.82) is 0 Å². The molecule has 0 spiro atoms. The van der Waals surface area contributed by atoms with E-state index in [-0.39, 0.29) is 51.7 Å². The summed E-state index contributed by atoms with van der Waals surface area (Å²) in [6, 6.07) is 0. The Morgan fingerprint density at radius 2 is 1.83 bits per heavy atom. The summed E-state index contributed by atoms with van der Waals surface area (Å²) in [7, 11) is 0. The van der Waals surface area contributed by atoms with E-state index in [4.69, 9.17) is 9.47 Å². The summed E-state index contributed by atoms with van der Waals surface area (Å²) >= 11 is 0. The predicted molar refractivity (Wildman–Crippen MR) is 142 cm³/mol. The lowest BCUT2D eigenvalue weighted by Gasteiger charge is -2.64. The molecule has 0 radical (unpaired) electrons. The third-order valence-corrected chi connectivity index (χ3v) is 12.2. The van der Waals surface area contributed by atoms with Crippen LogP contribution in [-0.2, 0) is 19.1 Å². The second-order valence-electron chi connectivity index (χ2n) is 14.4. The first kappa shape index (κ1) is 26.0. The van der Waals surface area contributed by atoms with Crippen molar-refractivity contribution in [1.82, 2.24) is 0 Å². The molecule has 0 aromatic carbocycles. The number of carbonyl (C=O) groups excluding carboxylic acids is 2. The maximum Gasteiger partial charge on any atom is 0.309 e. The minimum atomic E-state index is -0.157. The van der Waals surface area contributed by atoms with Gasteiger partial charge in [0.2, 0.25) is 0 Å². The van der Waals surface area contributed by atoms with Crippen LogP contribution in [0.15, 0.2) is 23.3 Å². The molecule has 9 atom stereocenters. The van der Waals surface area contributed by atoms with Crippen LogP contribution in [0.3, 0.4) is 0 Å². The molecular formula is C32H48O4. The van der Waals surface area contributed by atoms with Gasteiger partial charge in [-0.15, -0.1) is 0 Å². The van der Waals surface area contributed by atoms with Crippen LogP contribution in [0, 0.1) is 45.3 Å². The maximum atomic E-state index is 13.0. The topological polar surface area (TPSA) is 52.6 Å². The van der Waals surface area contributed by atoms with Gasteiger partial charge >= 0.3 is 11.9 Å². The number of hydrogen-bond acceptors (Lipinski definition) is 4. The number of rotatable bonds is 4. The van der Waals surface area contributed by atoms with Gasteiger partial charge < -0.3 is 9.47 Å². The molecule has 1 saturated heterocycles. The third kappa shape index (κ3) is 3.52. The average molecular weight is 497 g/mol. The highest BCUT2D eigenvalue weighted by atomic mass is 16.6. The van der Waals surface area contributed by atoms with Crippen LogP contribution in [0.5, 0.6) is 0 Å². The Labute approximate surface area is 218 Å². The normalized spacial score (nSPS) is 46.4. The van der Waals surface area contributed by atoms with Crippen molar-refractivity contribution >= 4 is 11.9 Å². The van der Waals surface area contributed by atoms with Gasteiger partial charge in [-0.2, -0.15) is 0 Å². The second kappa shape index (κ2) is 8.46. The van der Waals surface area contributed by atoms with Crippen LogP contribution >= 0.6 is 0 Å². The van der Waals surface area contributed by atoms with E-state index >= 15 is 0 Å². The minimum absolute atomic E-state index is 0.000664. The van der Waals surface area contributed by atoms with Gasteiger partial charge in [-0.05, 0) is 93.3 Å². The quantitative estimate of drug-likeness (QED) is 0.300. The second-order valence-corrected chi connectivity index (χ2v) is 14.4. The summed E-state index contributed by atoms with van der Waals surface area (Å²) in [5, 5.41) is 0. The number of esters is 2. The van der Waals surface area contributed by atoms with Crippen LogP contribution in [0.25, 0.3) is 0 Å². The van der Waals surface area contributed by atoms with E-state index in [9.17, 15) is 9.59 Å². The zero-order valence-electron chi connectivity index (χ0n) is 23.9. The van der Waals surface area contributed by atoms with Gasteiger partial charge in [0.15, 0.2) is 0 Å². The minimum Gasteiger partial charge on any atom is -0.462 e. The highest BCUT2D eigenvalue weighted by molar-refractivity contribution is 5.76. The van der Waals surface area contributed by atoms with E-state index in [0.29, 0.717) is 17.8 Å². The molecule has 0 aromatic heterocycles. The first-order chi connectivity index (χ1) is 16.8. The molecule has 9 unspecified atom stereocenters. The predicted octanol–water partition coefficient (Wildman–Crippen LogP) is 7.42. The van der Waals surface area contributed by atoms with Crippen molar-refractivity contribution in [3.8, 4) is 0 Å². The fourth-order valence-electron chi connectivity index (χ4n) is 10.2. The van der Waals surface area contributed by atoms with E-state index < -0.39 is 0 Å². The molecule has 0 amide bonds. The van der Waals surface area contributed by atoms with Crippen LogP contribution in [-0.4, -0.2) is 24.1 Å². The monoisotopic (exact) mass is 496 g/mol. The van der Waals surface area contributed by atoms with E-state index in [1.165, 1.54) is 18.4 Å². The molecule has 0 bridgehead atoms. The standard InChI is InChI=1S/C32H48O4/c1-19(2)10-9-11-21-27-24(36-28(21)34)18-32(8)23-12-13-25-29(4,5)26(35-20(3)33)15-16-30(25,6)22(23)14-17-31(27,32)7/h10,12,21-22,24-27H,9,11,13-18H2,1-8H3. The molecule has 5 rings (SSSR count). The Balaban J connectivity index is 1.46. The van der Waals surface area contributed by atoms with Gasteiger partial charge in [-0.25, -0.2) is 0 Å². The molecule has 1 heterocycles. The Bertz CT molecular complexity index is 1000. The Kier molecular flexibility index (Phi) is 6.12. The molecule has 0 N–H and O–H groups in total. The van der Waals surface area contributed by atoms with Crippen molar-refractivity contribution in [2.75, 3.05) is 0 Å². The van der Waals surface area contributed by atoms with Gasteiger partial charge in [-0.1, -0.05) is 57.9 Å². The summed E-state index contributed by atoms with van der Waals surface area (Å²) < 4.78 is 12.0. The molecule has 0 aromatic rings. The Morgan fingerprint density at radius 1 is 1.11 bits per heavy atom. The van der Waals surface area contributed by atoms with Crippen molar-refractivity contribution in [2.24, 2.45) is 45.3 Å². The Morgan fingerprint density at radius 3 is 2.50 bits per heavy atom. The van der Waals surface area contributed by atoms with Crippen molar-refractivity contribution in [3.05, 3.63) is 23.3 Å². The molecular weight excluding hydrogens is 448 g/mol. The highest BCUT2D eigenvalue weighted by Gasteiger charge is 2.71. The van der Waals surface area contributed by atoms with Crippen LogP contribution in [0.1, 0.15) is 107 Å². The lowest BCUT2D eigenvalue weighted by atomic mass is 9.41. The van der Waals surface area contributed by atoms with E-state index in [1.54, 1.807) is 12.5 Å². The largest absolute Gasteiger partial charge is 0.462 e. The molecule has 4 fully saturated rings. The molecule has 4 heteroatoms. The SMILES string of the molecule is CC(=O)OC1CCC2(C)C3CCC4(C)C5C(CC4(C)C3=CCC2C1(C)C)OC(=O)C5CCC=C(C)C. The van der Waals surface area contributed by atoms with E-state index in [0.717, 1.165) is 38.5 Å². The van der Waals surface area contributed by atoms with Gasteiger partial charge in [0.1, 0.15) is 12.2 Å². The number of hydrogen-bond donors (Lipinski definition) is 0. The molecule has 4 aliphatic carbocycles. The zero-order chi connectivity index (χ0) is 26.3. The molecule has 5 aliphatic rings. The van der Waals surface area contributed by atoms with E-state index in [2.05, 4.69) is 60.6 Å². The number of allylic oxidation sites excluding steroid dienone is 4. The van der Waals surface area contributed by atoms with Crippen LogP contribution in [0.4, 0.5) is 0 Å².